The fourth-order valence-corrected chi connectivity index (χ4v) is 3.96. The number of aromatic nitrogens is 1. The third kappa shape index (κ3) is 4.32. The molecule has 3 rings (SSSR count). The molecule has 0 fully saturated rings. The van der Waals surface area contributed by atoms with E-state index in [1.54, 1.807) is 12.1 Å². The molecule has 0 saturated carbocycles. The molecule has 0 aliphatic heterocycles. The summed E-state index contributed by atoms with van der Waals surface area (Å²) in [4.78, 5) is 17.8. The Kier molecular flexibility index (Phi) is 5.60. The van der Waals surface area contributed by atoms with E-state index in [1.165, 1.54) is 23.5 Å². The zero-order valence-electron chi connectivity index (χ0n) is 13.6. The lowest BCUT2D eigenvalue weighted by molar-refractivity contribution is 0.0953. The lowest BCUT2D eigenvalue weighted by Crippen LogP contribution is -2.25. The van der Waals surface area contributed by atoms with Gasteiger partial charge in [-0.1, -0.05) is 24.3 Å². The number of aryl methyl sites for hydroxylation is 1. The molecule has 0 atom stereocenters. The highest BCUT2D eigenvalue weighted by Crippen LogP contribution is 2.28. The molecule has 0 saturated heterocycles. The molecule has 1 heterocycles. The summed E-state index contributed by atoms with van der Waals surface area (Å²) in [5.41, 5.74) is 2.31. The van der Waals surface area contributed by atoms with Crippen molar-refractivity contribution in [2.45, 2.75) is 13.3 Å². The number of thiazole rings is 1. The van der Waals surface area contributed by atoms with Crippen LogP contribution >= 0.6 is 27.3 Å². The zero-order chi connectivity index (χ0) is 17.8. The number of carbonyl (C=O) groups excluding carboxylic acids is 1. The van der Waals surface area contributed by atoms with Gasteiger partial charge >= 0.3 is 0 Å². The summed E-state index contributed by atoms with van der Waals surface area (Å²) in [7, 11) is 0. The van der Waals surface area contributed by atoms with E-state index in [2.05, 4.69) is 26.2 Å². The van der Waals surface area contributed by atoms with Crippen LogP contribution in [0.1, 0.15) is 20.9 Å². The smallest absolute Gasteiger partial charge is 0.252 e. The van der Waals surface area contributed by atoms with Gasteiger partial charge in [-0.05, 0) is 47.1 Å². The van der Waals surface area contributed by atoms with Crippen molar-refractivity contribution in [3.8, 4) is 10.6 Å². The predicted octanol–water partition coefficient (Wildman–Crippen LogP) is 4.99. The third-order valence-corrected chi connectivity index (χ3v) is 5.68. The van der Waals surface area contributed by atoms with Gasteiger partial charge in [0.05, 0.1) is 11.3 Å². The van der Waals surface area contributed by atoms with Gasteiger partial charge in [0.15, 0.2) is 0 Å². The van der Waals surface area contributed by atoms with E-state index in [9.17, 15) is 9.18 Å². The summed E-state index contributed by atoms with van der Waals surface area (Å²) in [6.45, 7) is 2.45. The largest absolute Gasteiger partial charge is 0.352 e. The molecule has 128 valence electrons. The van der Waals surface area contributed by atoms with Crippen molar-refractivity contribution in [1.29, 1.82) is 0 Å². The van der Waals surface area contributed by atoms with Gasteiger partial charge < -0.3 is 5.32 Å². The summed E-state index contributed by atoms with van der Waals surface area (Å²) in [5, 5.41) is 3.72. The van der Waals surface area contributed by atoms with Gasteiger partial charge in [-0.15, -0.1) is 11.3 Å². The van der Waals surface area contributed by atoms with Crippen molar-refractivity contribution in [2.24, 2.45) is 0 Å². The molecule has 0 spiro atoms. The van der Waals surface area contributed by atoms with Gasteiger partial charge in [-0.2, -0.15) is 0 Å². The number of rotatable bonds is 5. The van der Waals surface area contributed by atoms with Crippen LogP contribution in [0.5, 0.6) is 0 Å². The van der Waals surface area contributed by atoms with Crippen LogP contribution in [0.2, 0.25) is 0 Å². The van der Waals surface area contributed by atoms with Gasteiger partial charge in [-0.3, -0.25) is 4.79 Å². The molecule has 2 aromatic carbocycles. The normalized spacial score (nSPS) is 10.7. The number of hydrogen-bond acceptors (Lipinski definition) is 3. The molecule has 0 aliphatic carbocycles. The van der Waals surface area contributed by atoms with E-state index in [1.807, 2.05) is 31.2 Å². The Hall–Kier alpha value is -2.05. The number of carbonyl (C=O) groups is 1. The summed E-state index contributed by atoms with van der Waals surface area (Å²) >= 11 is 4.91. The molecule has 1 aromatic heterocycles. The van der Waals surface area contributed by atoms with Crippen LogP contribution in [0.4, 0.5) is 4.39 Å². The molecular weight excluding hydrogens is 403 g/mol. The van der Waals surface area contributed by atoms with Crippen LogP contribution < -0.4 is 5.32 Å². The Balaban J connectivity index is 1.64. The summed E-state index contributed by atoms with van der Waals surface area (Å²) in [5.74, 6) is -0.382. The van der Waals surface area contributed by atoms with Crippen molar-refractivity contribution >= 4 is 33.2 Å². The predicted molar refractivity (Wildman–Crippen MR) is 102 cm³/mol. The van der Waals surface area contributed by atoms with E-state index in [-0.39, 0.29) is 11.7 Å². The highest BCUT2D eigenvalue weighted by molar-refractivity contribution is 9.10. The molecule has 0 unspecified atom stereocenters. The molecule has 0 bridgehead atoms. The highest BCUT2D eigenvalue weighted by atomic mass is 79.9. The quantitative estimate of drug-likeness (QED) is 0.633. The van der Waals surface area contributed by atoms with Gasteiger partial charge in [0.1, 0.15) is 10.8 Å². The number of benzene rings is 2. The zero-order valence-corrected chi connectivity index (χ0v) is 16.0. The van der Waals surface area contributed by atoms with Gasteiger partial charge in [0.25, 0.3) is 5.91 Å². The Morgan fingerprint density at radius 1 is 1.24 bits per heavy atom. The fraction of sp³-hybridized carbons (Fsp3) is 0.158. The number of halogens is 2. The van der Waals surface area contributed by atoms with Crippen molar-refractivity contribution in [1.82, 2.24) is 10.3 Å². The minimum absolute atomic E-state index is 0.111. The molecule has 0 aliphatic rings. The average molecular weight is 419 g/mol. The van der Waals surface area contributed by atoms with Crippen LogP contribution in [-0.2, 0) is 6.42 Å². The topological polar surface area (TPSA) is 42.0 Å². The van der Waals surface area contributed by atoms with Crippen molar-refractivity contribution in [3.05, 3.63) is 75.0 Å². The Labute approximate surface area is 158 Å². The third-order valence-electron chi connectivity index (χ3n) is 3.72. The van der Waals surface area contributed by atoms with E-state index in [0.29, 0.717) is 18.5 Å². The van der Waals surface area contributed by atoms with Gasteiger partial charge in [0.2, 0.25) is 0 Å². The average Bonchev–Trinajstić information content (AvgIpc) is 2.96. The highest BCUT2D eigenvalue weighted by Gasteiger charge is 2.12. The number of amides is 1. The summed E-state index contributed by atoms with van der Waals surface area (Å²) in [6, 6.07) is 13.7. The molecule has 6 heteroatoms. The standard InChI is InChI=1S/C19H16BrFN2OS/c1-12-17(25-19(23-12)13-5-4-6-14(21)11-13)9-10-22-18(24)15-7-2-3-8-16(15)20/h2-8,11H,9-10H2,1H3,(H,22,24). The lowest BCUT2D eigenvalue weighted by atomic mass is 10.2. The van der Waals surface area contributed by atoms with Crippen LogP contribution in [0.3, 0.4) is 0 Å². The summed E-state index contributed by atoms with van der Waals surface area (Å²) in [6.07, 6.45) is 0.689. The maximum atomic E-state index is 13.4. The van der Waals surface area contributed by atoms with Crippen molar-refractivity contribution in [2.75, 3.05) is 6.54 Å². The first-order chi connectivity index (χ1) is 12.0. The second-order valence-electron chi connectivity index (χ2n) is 5.52. The van der Waals surface area contributed by atoms with E-state index in [0.717, 1.165) is 25.6 Å². The first-order valence-electron chi connectivity index (χ1n) is 7.79. The van der Waals surface area contributed by atoms with Crippen LogP contribution in [0, 0.1) is 12.7 Å². The number of nitrogens with one attached hydrogen (secondary N) is 1. The van der Waals surface area contributed by atoms with E-state index < -0.39 is 0 Å². The minimum Gasteiger partial charge on any atom is -0.352 e. The van der Waals surface area contributed by atoms with Crippen molar-refractivity contribution < 1.29 is 9.18 Å². The second kappa shape index (κ2) is 7.89. The monoisotopic (exact) mass is 418 g/mol. The molecule has 25 heavy (non-hydrogen) atoms. The molecule has 0 radical (unpaired) electrons. The number of hydrogen-bond donors (Lipinski definition) is 1. The Morgan fingerprint density at radius 2 is 2.04 bits per heavy atom. The maximum Gasteiger partial charge on any atom is 0.252 e. The van der Waals surface area contributed by atoms with E-state index >= 15 is 0 Å². The molecule has 1 amide bonds. The Bertz CT molecular complexity index is 910. The Morgan fingerprint density at radius 3 is 2.80 bits per heavy atom. The number of nitrogens with zero attached hydrogens (tertiary/aromatic N) is 1. The summed E-state index contributed by atoms with van der Waals surface area (Å²) < 4.78 is 14.1. The minimum atomic E-state index is -0.271. The fourth-order valence-electron chi connectivity index (χ4n) is 2.44. The van der Waals surface area contributed by atoms with Gasteiger partial charge in [0, 0.05) is 27.9 Å². The van der Waals surface area contributed by atoms with Gasteiger partial charge in [-0.25, -0.2) is 9.37 Å². The van der Waals surface area contributed by atoms with Crippen LogP contribution in [-0.4, -0.2) is 17.4 Å². The molecule has 1 N–H and O–H groups in total. The SMILES string of the molecule is Cc1nc(-c2cccc(F)c2)sc1CCNC(=O)c1ccccc1Br. The van der Waals surface area contributed by atoms with Crippen LogP contribution in [0.15, 0.2) is 53.0 Å². The van der Waals surface area contributed by atoms with E-state index in [4.69, 9.17) is 0 Å². The first kappa shape index (κ1) is 17.8. The molecule has 3 aromatic rings. The molecule has 3 nitrogen and oxygen atoms in total. The molecular formula is C19H16BrFN2OS. The lowest BCUT2D eigenvalue weighted by Gasteiger charge is -2.06. The van der Waals surface area contributed by atoms with Crippen LogP contribution in [0.25, 0.3) is 10.6 Å². The van der Waals surface area contributed by atoms with Crippen molar-refractivity contribution in [3.63, 3.8) is 0 Å². The maximum absolute atomic E-state index is 13.4. The first-order valence-corrected chi connectivity index (χ1v) is 9.40. The second-order valence-corrected chi connectivity index (χ2v) is 7.46.